The van der Waals surface area contributed by atoms with Crippen molar-refractivity contribution >= 4 is 33.5 Å². The predicted octanol–water partition coefficient (Wildman–Crippen LogP) is 6.25. The molecule has 0 aliphatic heterocycles. The number of hydrogen-bond acceptors (Lipinski definition) is 4. The van der Waals surface area contributed by atoms with E-state index in [9.17, 15) is 0 Å². The van der Waals surface area contributed by atoms with Crippen LogP contribution in [0.2, 0.25) is 5.02 Å². The fraction of sp³-hybridized carbons (Fsp3) is 0.0417. The van der Waals surface area contributed by atoms with Crippen LogP contribution in [0.1, 0.15) is 5.56 Å². The van der Waals surface area contributed by atoms with Crippen LogP contribution in [0.4, 0.5) is 0 Å². The summed E-state index contributed by atoms with van der Waals surface area (Å²) in [6.45, 7) is 1.98. The number of fused-ring (bicyclic) bond motifs is 2. The number of halogens is 1. The van der Waals surface area contributed by atoms with Crippen molar-refractivity contribution in [1.82, 2.24) is 0 Å². The Morgan fingerprint density at radius 1 is 0.828 bits per heavy atom. The Morgan fingerprint density at radius 3 is 2.24 bits per heavy atom. The summed E-state index contributed by atoms with van der Waals surface area (Å²) in [4.78, 5) is 0. The Morgan fingerprint density at radius 2 is 1.52 bits per heavy atom. The van der Waals surface area contributed by atoms with E-state index >= 15 is 0 Å². The van der Waals surface area contributed by atoms with Gasteiger partial charge in [0.1, 0.15) is 11.2 Å². The van der Waals surface area contributed by atoms with E-state index in [4.69, 9.17) is 26.3 Å². The molecule has 0 aliphatic rings. The third-order valence-electron chi connectivity index (χ3n) is 5.18. The molecule has 0 atom stereocenters. The lowest BCUT2D eigenvalue weighted by Crippen LogP contribution is -2.05. The average Bonchev–Trinajstić information content (AvgIpc) is 3.19. The van der Waals surface area contributed by atoms with Crippen molar-refractivity contribution in [3.8, 4) is 22.3 Å². The first-order valence-electron chi connectivity index (χ1n) is 9.19. The lowest BCUT2D eigenvalue weighted by molar-refractivity contribution is 0.534. The Hall–Kier alpha value is -3.50. The second-order valence-corrected chi connectivity index (χ2v) is 7.34. The minimum absolute atomic E-state index is 0.364. The van der Waals surface area contributed by atoms with Crippen LogP contribution < -0.4 is 11.4 Å². The summed E-state index contributed by atoms with van der Waals surface area (Å²) in [5, 5.41) is 6.47. The Bertz CT molecular complexity index is 1420. The maximum Gasteiger partial charge on any atom is 0.236 e. The van der Waals surface area contributed by atoms with E-state index in [2.05, 4.69) is 23.3 Å². The standard InChI is InChI=1S/C24H17ClN2O2/c1-14-23-20(21(13-28-23)16-7-9-17(25)10-8-16)11-19-18(15-5-3-2-4-6-15)12-22(27-26)29-24(14)19/h2-13H,26H2,1H3/b27-22+. The van der Waals surface area contributed by atoms with Gasteiger partial charge in [-0.1, -0.05) is 54.1 Å². The SMILES string of the molecule is Cc1c2occ(-c3ccc(Cl)cc3)c2cc2c(-c3ccccc3)c/c(=N\N)oc12. The topological polar surface area (TPSA) is 64.7 Å². The summed E-state index contributed by atoms with van der Waals surface area (Å²) in [6.07, 6.45) is 1.77. The first-order valence-corrected chi connectivity index (χ1v) is 9.57. The van der Waals surface area contributed by atoms with Crippen LogP contribution >= 0.6 is 11.6 Å². The van der Waals surface area contributed by atoms with Crippen LogP contribution in [0.5, 0.6) is 0 Å². The maximum absolute atomic E-state index is 6.06. The number of nitrogens with zero attached hydrogens (tertiary/aromatic N) is 1. The molecule has 29 heavy (non-hydrogen) atoms. The molecule has 0 fully saturated rings. The summed E-state index contributed by atoms with van der Waals surface area (Å²) in [5.74, 6) is 5.54. The largest absolute Gasteiger partial charge is 0.463 e. The molecule has 5 aromatic rings. The summed E-state index contributed by atoms with van der Waals surface area (Å²) in [7, 11) is 0. The molecule has 0 aliphatic carbocycles. The van der Waals surface area contributed by atoms with E-state index in [-0.39, 0.29) is 0 Å². The van der Waals surface area contributed by atoms with Crippen molar-refractivity contribution < 1.29 is 8.83 Å². The first-order chi connectivity index (χ1) is 14.2. The molecule has 0 saturated heterocycles. The third kappa shape index (κ3) is 2.89. The molecular weight excluding hydrogens is 384 g/mol. The third-order valence-corrected chi connectivity index (χ3v) is 5.43. The highest BCUT2D eigenvalue weighted by atomic mass is 35.5. The van der Waals surface area contributed by atoms with Crippen molar-refractivity contribution in [1.29, 1.82) is 0 Å². The molecule has 0 radical (unpaired) electrons. The predicted molar refractivity (Wildman–Crippen MR) is 116 cm³/mol. The quantitative estimate of drug-likeness (QED) is 0.281. The van der Waals surface area contributed by atoms with Crippen molar-refractivity contribution in [2.75, 3.05) is 0 Å². The van der Waals surface area contributed by atoms with E-state index < -0.39 is 0 Å². The van der Waals surface area contributed by atoms with Gasteiger partial charge in [-0.05, 0) is 41.8 Å². The van der Waals surface area contributed by atoms with Crippen LogP contribution in [0.15, 0.2) is 86.9 Å². The second-order valence-electron chi connectivity index (χ2n) is 6.90. The van der Waals surface area contributed by atoms with Crippen molar-refractivity contribution in [3.05, 3.63) is 89.1 Å². The van der Waals surface area contributed by atoms with Gasteiger partial charge in [0.15, 0.2) is 0 Å². The van der Waals surface area contributed by atoms with Gasteiger partial charge in [0.2, 0.25) is 5.55 Å². The normalized spacial score (nSPS) is 12.1. The molecule has 4 nitrogen and oxygen atoms in total. The van der Waals surface area contributed by atoms with Crippen molar-refractivity contribution in [3.63, 3.8) is 0 Å². The van der Waals surface area contributed by atoms with E-state index in [1.54, 1.807) is 6.26 Å². The van der Waals surface area contributed by atoms with Gasteiger partial charge in [-0.15, -0.1) is 5.10 Å². The first kappa shape index (κ1) is 17.6. The highest BCUT2D eigenvalue weighted by Crippen LogP contribution is 2.39. The second kappa shape index (κ2) is 6.83. The summed E-state index contributed by atoms with van der Waals surface area (Å²) < 4.78 is 11.9. The summed E-state index contributed by atoms with van der Waals surface area (Å²) in [5.41, 5.74) is 6.87. The molecule has 142 valence electrons. The number of benzene rings is 3. The molecule has 0 saturated carbocycles. The van der Waals surface area contributed by atoms with E-state index in [1.165, 1.54) is 0 Å². The van der Waals surface area contributed by atoms with Crippen LogP contribution in [0, 0.1) is 6.92 Å². The van der Waals surface area contributed by atoms with Gasteiger partial charge < -0.3 is 14.7 Å². The van der Waals surface area contributed by atoms with Crippen LogP contribution in [-0.4, -0.2) is 0 Å². The van der Waals surface area contributed by atoms with E-state index in [1.807, 2.05) is 55.5 Å². The molecule has 2 heterocycles. The van der Waals surface area contributed by atoms with Gasteiger partial charge in [-0.3, -0.25) is 0 Å². The monoisotopic (exact) mass is 400 g/mol. The molecule has 5 rings (SSSR count). The van der Waals surface area contributed by atoms with Crippen LogP contribution in [-0.2, 0) is 0 Å². The molecule has 5 heteroatoms. The molecule has 0 unspecified atom stereocenters. The Labute approximate surface area is 171 Å². The summed E-state index contributed by atoms with van der Waals surface area (Å²) in [6, 6.07) is 21.8. The fourth-order valence-electron chi connectivity index (χ4n) is 3.76. The van der Waals surface area contributed by atoms with Crippen molar-refractivity contribution in [2.45, 2.75) is 6.92 Å². The van der Waals surface area contributed by atoms with Crippen molar-refractivity contribution in [2.24, 2.45) is 10.9 Å². The highest BCUT2D eigenvalue weighted by molar-refractivity contribution is 6.30. The minimum atomic E-state index is 0.364. The van der Waals surface area contributed by atoms with Crippen LogP contribution in [0.3, 0.4) is 0 Å². The fourth-order valence-corrected chi connectivity index (χ4v) is 3.88. The smallest absolute Gasteiger partial charge is 0.236 e. The zero-order valence-corrected chi connectivity index (χ0v) is 16.4. The Kier molecular flexibility index (Phi) is 4.14. The lowest BCUT2D eigenvalue weighted by atomic mass is 9.96. The van der Waals surface area contributed by atoms with Gasteiger partial charge >= 0.3 is 0 Å². The van der Waals surface area contributed by atoms with E-state index in [0.29, 0.717) is 16.2 Å². The number of aryl methyl sites for hydroxylation is 1. The molecule has 3 aromatic carbocycles. The Balaban J connectivity index is 1.88. The van der Waals surface area contributed by atoms with Gasteiger partial charge in [0, 0.05) is 33.0 Å². The molecule has 0 spiro atoms. The summed E-state index contributed by atoms with van der Waals surface area (Å²) >= 11 is 6.06. The number of hydrogen-bond donors (Lipinski definition) is 1. The van der Waals surface area contributed by atoms with Gasteiger partial charge in [-0.2, -0.15) is 0 Å². The van der Waals surface area contributed by atoms with E-state index in [0.717, 1.165) is 44.2 Å². The highest BCUT2D eigenvalue weighted by Gasteiger charge is 2.17. The number of rotatable bonds is 2. The van der Waals surface area contributed by atoms with Gasteiger partial charge in [0.25, 0.3) is 0 Å². The number of furan rings is 1. The molecule has 2 N–H and O–H groups in total. The molecule has 0 bridgehead atoms. The maximum atomic E-state index is 6.06. The molecule has 2 aromatic heterocycles. The average molecular weight is 401 g/mol. The number of nitrogens with two attached hydrogens (primary N) is 1. The molecule has 0 amide bonds. The zero-order valence-electron chi connectivity index (χ0n) is 15.6. The molecular formula is C24H17ClN2O2. The lowest BCUT2D eigenvalue weighted by Gasteiger charge is -2.09. The zero-order chi connectivity index (χ0) is 20.0. The van der Waals surface area contributed by atoms with Gasteiger partial charge in [0.05, 0.1) is 6.26 Å². The van der Waals surface area contributed by atoms with Gasteiger partial charge in [-0.25, -0.2) is 0 Å². The minimum Gasteiger partial charge on any atom is -0.463 e. The van der Waals surface area contributed by atoms with Crippen LogP contribution in [0.25, 0.3) is 44.2 Å².